The Bertz CT molecular complexity index is 904. The number of anilines is 1. The van der Waals surface area contributed by atoms with Crippen molar-refractivity contribution < 1.29 is 19.1 Å². The summed E-state index contributed by atoms with van der Waals surface area (Å²) in [5, 5.41) is 0. The maximum Gasteiger partial charge on any atom is 0.338 e. The van der Waals surface area contributed by atoms with Gasteiger partial charge in [0.05, 0.1) is 18.4 Å². The van der Waals surface area contributed by atoms with Gasteiger partial charge in [0.1, 0.15) is 5.75 Å². The zero-order chi connectivity index (χ0) is 20.2. The van der Waals surface area contributed by atoms with Crippen LogP contribution in [-0.2, 0) is 22.4 Å². The molecule has 0 atom stereocenters. The highest BCUT2D eigenvalue weighted by atomic mass is 16.5. The van der Waals surface area contributed by atoms with Crippen LogP contribution in [0.5, 0.6) is 5.75 Å². The van der Waals surface area contributed by atoms with Gasteiger partial charge < -0.3 is 19.3 Å². The van der Waals surface area contributed by atoms with Gasteiger partial charge in [-0.05, 0) is 54.7 Å². The maximum absolute atomic E-state index is 12.5. The molecule has 4 rings (SSSR count). The third-order valence-corrected chi connectivity index (χ3v) is 5.72. The van der Waals surface area contributed by atoms with Crippen molar-refractivity contribution in [2.24, 2.45) is 0 Å². The molecule has 152 valence electrons. The normalized spacial score (nSPS) is 15.8. The molecule has 1 aliphatic heterocycles. The molecule has 1 amide bonds. The fraction of sp³-hybridized carbons (Fsp3) is 0.391. The summed E-state index contributed by atoms with van der Waals surface area (Å²) in [6.07, 6.45) is 3.21. The Morgan fingerprint density at radius 2 is 1.72 bits per heavy atom. The average molecular weight is 394 g/mol. The number of carbonyl (C=O) groups excluding carboxylic acids is 2. The number of hydrogen-bond acceptors (Lipinski definition) is 5. The first-order valence-corrected chi connectivity index (χ1v) is 10.1. The summed E-state index contributed by atoms with van der Waals surface area (Å²) in [4.78, 5) is 28.8. The van der Waals surface area contributed by atoms with E-state index >= 15 is 0 Å². The minimum Gasteiger partial charge on any atom is -0.495 e. The number of piperazine rings is 1. The number of esters is 1. The molecule has 29 heavy (non-hydrogen) atoms. The number of amides is 1. The fourth-order valence-corrected chi connectivity index (χ4v) is 4.09. The van der Waals surface area contributed by atoms with Crippen LogP contribution in [0.25, 0.3) is 0 Å². The van der Waals surface area contributed by atoms with Crippen LogP contribution < -0.4 is 9.64 Å². The van der Waals surface area contributed by atoms with Crippen LogP contribution in [0.1, 0.15) is 27.9 Å². The molecule has 6 nitrogen and oxygen atoms in total. The van der Waals surface area contributed by atoms with E-state index in [0.717, 1.165) is 30.7 Å². The summed E-state index contributed by atoms with van der Waals surface area (Å²) in [5.74, 6) is 0.246. The van der Waals surface area contributed by atoms with Gasteiger partial charge in [-0.3, -0.25) is 4.79 Å². The molecular formula is C23H26N2O4. The highest BCUT2D eigenvalue weighted by molar-refractivity contribution is 5.91. The number of aryl methyl sites for hydroxylation is 2. The van der Waals surface area contributed by atoms with Gasteiger partial charge in [-0.25, -0.2) is 4.79 Å². The Morgan fingerprint density at radius 1 is 0.966 bits per heavy atom. The number of nitrogens with zero attached hydrogens (tertiary/aromatic N) is 2. The third kappa shape index (κ3) is 4.21. The van der Waals surface area contributed by atoms with E-state index in [1.807, 2.05) is 36.4 Å². The smallest absolute Gasteiger partial charge is 0.338 e. The summed E-state index contributed by atoms with van der Waals surface area (Å²) < 4.78 is 10.7. The Balaban J connectivity index is 1.28. The van der Waals surface area contributed by atoms with E-state index in [1.165, 1.54) is 11.1 Å². The van der Waals surface area contributed by atoms with E-state index in [4.69, 9.17) is 9.47 Å². The van der Waals surface area contributed by atoms with Gasteiger partial charge in [0.15, 0.2) is 6.61 Å². The van der Waals surface area contributed by atoms with Crippen molar-refractivity contribution in [2.45, 2.75) is 19.3 Å². The van der Waals surface area contributed by atoms with E-state index in [-0.39, 0.29) is 12.5 Å². The number of rotatable bonds is 5. The second kappa shape index (κ2) is 8.55. The van der Waals surface area contributed by atoms with Gasteiger partial charge in [0.2, 0.25) is 0 Å². The lowest BCUT2D eigenvalue weighted by atomic mass is 10.1. The van der Waals surface area contributed by atoms with Crippen LogP contribution in [0.2, 0.25) is 0 Å². The standard InChI is InChI=1S/C23H26N2O4/c1-28-21-8-3-2-7-20(21)24-11-13-25(14-12-24)22(26)16-29-23(27)19-10-9-17-5-4-6-18(17)15-19/h2-3,7-10,15H,4-6,11-14,16H2,1H3. The number of fused-ring (bicyclic) bond motifs is 1. The van der Waals surface area contributed by atoms with E-state index in [2.05, 4.69) is 4.90 Å². The van der Waals surface area contributed by atoms with Gasteiger partial charge in [-0.15, -0.1) is 0 Å². The maximum atomic E-state index is 12.5. The van der Waals surface area contributed by atoms with Crippen LogP contribution >= 0.6 is 0 Å². The SMILES string of the molecule is COc1ccccc1N1CCN(C(=O)COC(=O)c2ccc3c(c2)CCC3)CC1. The molecule has 0 N–H and O–H groups in total. The quantitative estimate of drug-likeness (QED) is 0.730. The van der Waals surface area contributed by atoms with Crippen molar-refractivity contribution in [2.75, 3.05) is 44.8 Å². The molecule has 2 aliphatic rings. The number of methoxy groups -OCH3 is 1. The Hall–Kier alpha value is -3.02. The molecule has 0 radical (unpaired) electrons. The van der Waals surface area contributed by atoms with Gasteiger partial charge in [0, 0.05) is 26.2 Å². The zero-order valence-corrected chi connectivity index (χ0v) is 16.7. The topological polar surface area (TPSA) is 59.1 Å². The van der Waals surface area contributed by atoms with E-state index in [0.29, 0.717) is 31.7 Å². The molecule has 6 heteroatoms. The predicted molar refractivity (Wildman–Crippen MR) is 111 cm³/mol. The van der Waals surface area contributed by atoms with Crippen molar-refractivity contribution in [3.8, 4) is 5.75 Å². The first-order valence-electron chi connectivity index (χ1n) is 10.1. The van der Waals surface area contributed by atoms with Crippen LogP contribution in [0, 0.1) is 0 Å². The Labute approximate surface area is 171 Å². The van der Waals surface area contributed by atoms with Crippen molar-refractivity contribution >= 4 is 17.6 Å². The van der Waals surface area contributed by atoms with Crippen molar-refractivity contribution in [3.63, 3.8) is 0 Å². The first kappa shape index (κ1) is 19.3. The summed E-state index contributed by atoms with van der Waals surface area (Å²) >= 11 is 0. The van der Waals surface area contributed by atoms with E-state index < -0.39 is 5.97 Å². The van der Waals surface area contributed by atoms with Gasteiger partial charge >= 0.3 is 5.97 Å². The van der Waals surface area contributed by atoms with Crippen LogP contribution in [-0.4, -0.2) is 56.7 Å². The molecule has 1 saturated heterocycles. The molecule has 0 unspecified atom stereocenters. The number of ether oxygens (including phenoxy) is 2. The van der Waals surface area contributed by atoms with Gasteiger partial charge in [-0.1, -0.05) is 18.2 Å². The largest absolute Gasteiger partial charge is 0.495 e. The highest BCUT2D eigenvalue weighted by Crippen LogP contribution is 2.28. The number of carbonyl (C=O) groups is 2. The number of benzene rings is 2. The Morgan fingerprint density at radius 3 is 2.52 bits per heavy atom. The molecule has 0 spiro atoms. The number of hydrogen-bond donors (Lipinski definition) is 0. The molecule has 1 heterocycles. The van der Waals surface area contributed by atoms with Gasteiger partial charge in [0.25, 0.3) is 5.91 Å². The minimum absolute atomic E-state index is 0.154. The predicted octanol–water partition coefficient (Wildman–Crippen LogP) is 2.69. The molecule has 2 aromatic rings. The molecule has 0 bridgehead atoms. The second-order valence-electron chi connectivity index (χ2n) is 7.45. The third-order valence-electron chi connectivity index (χ3n) is 5.72. The van der Waals surface area contributed by atoms with Crippen LogP contribution in [0.3, 0.4) is 0 Å². The van der Waals surface area contributed by atoms with Crippen molar-refractivity contribution in [3.05, 3.63) is 59.2 Å². The molecule has 1 aliphatic carbocycles. The summed E-state index contributed by atoms with van der Waals surface area (Å²) in [6.45, 7) is 2.39. The molecule has 0 aromatic heterocycles. The van der Waals surface area contributed by atoms with Crippen molar-refractivity contribution in [1.29, 1.82) is 0 Å². The summed E-state index contributed by atoms with van der Waals surface area (Å²) in [7, 11) is 1.66. The molecule has 0 saturated carbocycles. The van der Waals surface area contributed by atoms with Crippen molar-refractivity contribution in [1.82, 2.24) is 4.90 Å². The van der Waals surface area contributed by atoms with E-state index in [9.17, 15) is 9.59 Å². The molecule has 1 fully saturated rings. The average Bonchev–Trinajstić information content (AvgIpc) is 3.25. The monoisotopic (exact) mass is 394 g/mol. The lowest BCUT2D eigenvalue weighted by molar-refractivity contribution is -0.134. The second-order valence-corrected chi connectivity index (χ2v) is 7.45. The van der Waals surface area contributed by atoms with Gasteiger partial charge in [-0.2, -0.15) is 0 Å². The lowest BCUT2D eigenvalue weighted by Gasteiger charge is -2.36. The van der Waals surface area contributed by atoms with Crippen LogP contribution in [0.15, 0.2) is 42.5 Å². The minimum atomic E-state index is -0.430. The summed E-state index contributed by atoms with van der Waals surface area (Å²) in [6, 6.07) is 13.6. The zero-order valence-electron chi connectivity index (χ0n) is 16.7. The summed E-state index contributed by atoms with van der Waals surface area (Å²) in [5.41, 5.74) is 4.09. The lowest BCUT2D eigenvalue weighted by Crippen LogP contribution is -2.50. The fourth-order valence-electron chi connectivity index (χ4n) is 4.09. The number of para-hydroxylation sites is 2. The van der Waals surface area contributed by atoms with E-state index in [1.54, 1.807) is 18.1 Å². The molecular weight excluding hydrogens is 368 g/mol. The Kier molecular flexibility index (Phi) is 5.69. The first-order chi connectivity index (χ1) is 14.2. The van der Waals surface area contributed by atoms with Crippen LogP contribution in [0.4, 0.5) is 5.69 Å². The molecule has 2 aromatic carbocycles. The highest BCUT2D eigenvalue weighted by Gasteiger charge is 2.24.